The van der Waals surface area contributed by atoms with E-state index in [4.69, 9.17) is 9.47 Å². The average molecular weight is 655 g/mol. The molecule has 1 N–H and O–H groups in total. The number of thiophene rings is 1. The van der Waals surface area contributed by atoms with Gasteiger partial charge in [0.15, 0.2) is 6.10 Å². The summed E-state index contributed by atoms with van der Waals surface area (Å²) in [6.07, 6.45) is -1.78. The van der Waals surface area contributed by atoms with E-state index >= 15 is 0 Å². The van der Waals surface area contributed by atoms with Crippen LogP contribution in [0.3, 0.4) is 0 Å². The molecular weight excluding hydrogens is 625 g/mol. The van der Waals surface area contributed by atoms with Crippen LogP contribution in [0.1, 0.15) is 39.4 Å². The number of rotatable bonds is 10. The number of carbonyl (C=O) groups is 4. The predicted molar refractivity (Wildman–Crippen MR) is 173 cm³/mol. The Morgan fingerprint density at radius 3 is 2.07 bits per heavy atom. The largest absolute Gasteiger partial charge is 0.454 e. The molecule has 4 aromatic rings. The van der Waals surface area contributed by atoms with E-state index in [-0.39, 0.29) is 23.4 Å². The van der Waals surface area contributed by atoms with E-state index in [1.54, 1.807) is 37.3 Å². The molecule has 2 amide bonds. The number of nitrogens with one attached hydrogen (secondary N) is 1. The molecule has 0 aliphatic carbocycles. The first kappa shape index (κ1) is 31.1. The zero-order chi connectivity index (χ0) is 32.2. The molecule has 234 valence electrons. The Morgan fingerprint density at radius 2 is 1.48 bits per heavy atom. The van der Waals surface area contributed by atoms with Gasteiger partial charge < -0.3 is 14.8 Å². The lowest BCUT2D eigenvalue weighted by Gasteiger charge is -2.49. The van der Waals surface area contributed by atoms with Crippen LogP contribution in [0.25, 0.3) is 0 Å². The van der Waals surface area contributed by atoms with Crippen LogP contribution >= 0.6 is 11.3 Å². The molecule has 2 unspecified atom stereocenters. The number of esters is 2. The molecule has 11 heteroatoms. The van der Waals surface area contributed by atoms with Crippen molar-refractivity contribution in [3.05, 3.63) is 141 Å². The lowest BCUT2D eigenvalue weighted by Crippen LogP contribution is -2.74. The summed E-state index contributed by atoms with van der Waals surface area (Å²) in [6, 6.07) is 29.3. The number of carbonyl (C=O) groups excluding carboxylic acids is 4. The van der Waals surface area contributed by atoms with Gasteiger partial charge in [0.05, 0.1) is 28.5 Å². The number of benzene rings is 3. The highest BCUT2D eigenvalue weighted by Gasteiger charge is 2.58. The molecule has 3 heterocycles. The fraction of sp³-hybridized carbons (Fsp3) is 0.200. The Labute approximate surface area is 272 Å². The first-order chi connectivity index (χ1) is 22.3. The Morgan fingerprint density at radius 1 is 0.870 bits per heavy atom. The summed E-state index contributed by atoms with van der Waals surface area (Å²) in [6.45, 7) is 1.57. The lowest BCUT2D eigenvalue weighted by molar-refractivity contribution is -0.155. The number of hydrogen-bond acceptors (Lipinski definition) is 8. The van der Waals surface area contributed by atoms with Crippen LogP contribution in [0.2, 0.25) is 0 Å². The van der Waals surface area contributed by atoms with Gasteiger partial charge in [-0.2, -0.15) is 0 Å². The molecule has 6 rings (SSSR count). The van der Waals surface area contributed by atoms with Crippen LogP contribution in [-0.4, -0.2) is 56.1 Å². The van der Waals surface area contributed by atoms with Gasteiger partial charge in [-0.15, -0.1) is 11.3 Å². The van der Waals surface area contributed by atoms with Crippen molar-refractivity contribution in [2.45, 2.75) is 37.0 Å². The molecule has 1 saturated heterocycles. The second kappa shape index (κ2) is 13.6. The average Bonchev–Trinajstić information content (AvgIpc) is 3.59. The minimum atomic E-state index is -1.73. The van der Waals surface area contributed by atoms with Gasteiger partial charge in [0.1, 0.15) is 23.2 Å². The molecule has 46 heavy (non-hydrogen) atoms. The highest BCUT2D eigenvalue weighted by molar-refractivity contribution is 7.86. The van der Waals surface area contributed by atoms with Crippen LogP contribution in [0.15, 0.2) is 120 Å². The fourth-order valence-corrected chi connectivity index (χ4v) is 8.01. The second-order valence-electron chi connectivity index (χ2n) is 10.8. The summed E-state index contributed by atoms with van der Waals surface area (Å²) in [5, 5.41) is 3.57. The van der Waals surface area contributed by atoms with Crippen molar-refractivity contribution in [2.24, 2.45) is 0 Å². The van der Waals surface area contributed by atoms with E-state index in [1.165, 1.54) is 11.3 Å². The Hall–Kier alpha value is -4.87. The monoisotopic (exact) mass is 654 g/mol. The molecule has 1 fully saturated rings. The van der Waals surface area contributed by atoms with E-state index in [9.17, 15) is 23.4 Å². The lowest BCUT2D eigenvalue weighted by atomic mass is 9.99. The van der Waals surface area contributed by atoms with E-state index in [0.29, 0.717) is 16.7 Å². The molecule has 0 bridgehead atoms. The summed E-state index contributed by atoms with van der Waals surface area (Å²) in [7, 11) is -1.73. The quantitative estimate of drug-likeness (QED) is 0.197. The molecule has 9 nitrogen and oxygen atoms in total. The maximum absolute atomic E-state index is 14.2. The normalized spacial score (nSPS) is 19.6. The Balaban J connectivity index is 1.33. The van der Waals surface area contributed by atoms with Crippen LogP contribution in [-0.2, 0) is 41.1 Å². The summed E-state index contributed by atoms with van der Waals surface area (Å²) in [5.41, 5.74) is 1.77. The van der Waals surface area contributed by atoms with Crippen molar-refractivity contribution in [1.29, 1.82) is 0 Å². The molecular formula is C35H30N2O7S2. The van der Waals surface area contributed by atoms with Crippen LogP contribution in [0.5, 0.6) is 0 Å². The Kier molecular flexibility index (Phi) is 9.23. The summed E-state index contributed by atoms with van der Waals surface area (Å²) >= 11 is 1.41. The van der Waals surface area contributed by atoms with Gasteiger partial charge in [-0.3, -0.25) is 18.7 Å². The smallest absolute Gasteiger partial charge is 0.356 e. The maximum atomic E-state index is 14.2. The SMILES string of the molecule is CC(OC(=O)c1ccccc1)C1=C(C(=O)OC(c2ccccc2)c2ccccc2)N2C(=O)[C@@H](NC(=O)Cc3cccs3)[C@@H]2S(=O)C1. The molecule has 1 aromatic heterocycles. The number of amides is 2. The highest BCUT2D eigenvalue weighted by Crippen LogP contribution is 2.38. The van der Waals surface area contributed by atoms with Crippen molar-refractivity contribution in [3.8, 4) is 0 Å². The van der Waals surface area contributed by atoms with E-state index in [2.05, 4.69) is 5.32 Å². The number of hydrogen-bond donors (Lipinski definition) is 1. The standard InChI is InChI=1S/C35H30N2O7S2/c1-22(43-34(40)25-16-9-4-10-17-25)27-21-46(42)33-29(36-28(38)20-26-18-11-19-45-26)32(39)37(33)30(27)35(41)44-31(23-12-5-2-6-13-23)24-14-7-3-8-15-24/h2-19,22,29,31,33H,20-21H2,1H3,(H,36,38)/t22?,29-,33+,46?/m1/s1. The summed E-state index contributed by atoms with van der Waals surface area (Å²) < 4.78 is 25.5. The van der Waals surface area contributed by atoms with Crippen LogP contribution in [0.4, 0.5) is 0 Å². The molecule has 2 aliphatic heterocycles. The van der Waals surface area contributed by atoms with Gasteiger partial charge in [0.25, 0.3) is 5.91 Å². The topological polar surface area (TPSA) is 119 Å². The first-order valence-electron chi connectivity index (χ1n) is 14.6. The molecule has 2 aliphatic rings. The maximum Gasteiger partial charge on any atom is 0.356 e. The van der Waals surface area contributed by atoms with Crippen LogP contribution < -0.4 is 5.32 Å². The second-order valence-corrected chi connectivity index (χ2v) is 13.4. The van der Waals surface area contributed by atoms with Crippen molar-refractivity contribution in [1.82, 2.24) is 10.2 Å². The third-order valence-corrected chi connectivity index (χ3v) is 10.3. The fourth-order valence-electron chi connectivity index (χ4n) is 5.52. The highest BCUT2D eigenvalue weighted by atomic mass is 32.2. The molecule has 3 aromatic carbocycles. The van der Waals surface area contributed by atoms with E-state index in [1.807, 2.05) is 78.2 Å². The van der Waals surface area contributed by atoms with Crippen molar-refractivity contribution in [2.75, 3.05) is 5.75 Å². The minimum Gasteiger partial charge on any atom is -0.454 e. The number of nitrogens with zero attached hydrogens (tertiary/aromatic N) is 1. The molecule has 0 spiro atoms. The van der Waals surface area contributed by atoms with Crippen molar-refractivity contribution in [3.63, 3.8) is 0 Å². The first-order valence-corrected chi connectivity index (χ1v) is 16.9. The zero-order valence-corrected chi connectivity index (χ0v) is 26.4. The van der Waals surface area contributed by atoms with E-state index in [0.717, 1.165) is 9.78 Å². The van der Waals surface area contributed by atoms with E-state index < -0.39 is 58.2 Å². The third-order valence-electron chi connectivity index (χ3n) is 7.79. The predicted octanol–water partition coefficient (Wildman–Crippen LogP) is 4.54. The molecule has 0 radical (unpaired) electrons. The van der Waals surface area contributed by atoms with Gasteiger partial charge in [-0.25, -0.2) is 9.59 Å². The number of fused-ring (bicyclic) bond motifs is 1. The summed E-state index contributed by atoms with van der Waals surface area (Å²) in [5.74, 6) is -2.63. The minimum absolute atomic E-state index is 0.0685. The van der Waals surface area contributed by atoms with Crippen molar-refractivity contribution >= 4 is 45.9 Å². The molecule has 0 saturated carbocycles. The number of β-lactam (4-membered cyclic amide) rings is 1. The zero-order valence-electron chi connectivity index (χ0n) is 24.7. The summed E-state index contributed by atoms with van der Waals surface area (Å²) in [4.78, 5) is 55.6. The van der Waals surface area contributed by atoms with Crippen LogP contribution in [0, 0.1) is 0 Å². The Bertz CT molecular complexity index is 1750. The van der Waals surface area contributed by atoms with Gasteiger partial charge in [-0.1, -0.05) is 84.9 Å². The number of ether oxygens (including phenoxy) is 2. The van der Waals surface area contributed by atoms with Gasteiger partial charge >= 0.3 is 11.9 Å². The van der Waals surface area contributed by atoms with Crippen molar-refractivity contribution < 1.29 is 32.9 Å². The van der Waals surface area contributed by atoms with Gasteiger partial charge in [0, 0.05) is 10.5 Å². The molecule has 4 atom stereocenters. The van der Waals surface area contributed by atoms with Gasteiger partial charge in [0.2, 0.25) is 5.91 Å². The van der Waals surface area contributed by atoms with Gasteiger partial charge in [-0.05, 0) is 41.6 Å². The third kappa shape index (κ3) is 6.42.